The van der Waals surface area contributed by atoms with Gasteiger partial charge < -0.3 is 13.8 Å². The van der Waals surface area contributed by atoms with Gasteiger partial charge in [-0.15, -0.1) is 0 Å². The maximum absolute atomic E-state index is 12.4. The molecule has 0 aliphatic heterocycles. The molecule has 128 valence electrons. The summed E-state index contributed by atoms with van der Waals surface area (Å²) < 4.78 is 28.8. The first-order valence-electron chi connectivity index (χ1n) is 7.51. The van der Waals surface area contributed by atoms with E-state index < -0.39 is 7.60 Å². The Morgan fingerprint density at radius 1 is 1.09 bits per heavy atom. The van der Waals surface area contributed by atoms with Crippen molar-refractivity contribution in [2.24, 2.45) is 0 Å². The highest BCUT2D eigenvalue weighted by molar-refractivity contribution is 14.1. The van der Waals surface area contributed by atoms with Crippen molar-refractivity contribution in [3.63, 3.8) is 0 Å². The summed E-state index contributed by atoms with van der Waals surface area (Å²) in [4.78, 5) is 0. The molecule has 6 heteroatoms. The van der Waals surface area contributed by atoms with Crippen LogP contribution in [0.3, 0.4) is 0 Å². The molecule has 0 aliphatic rings. The predicted octanol–water partition coefficient (Wildman–Crippen LogP) is 6.20. The number of halogens is 1. The third-order valence-electron chi connectivity index (χ3n) is 2.66. The molecular weight excluding hydrogens is 414 g/mol. The average molecular weight is 442 g/mol. The standard InChI is InChI=1S/C16H28IO4P/c1-6-20-22(18,21-7-2)16(17)13-19-12-11-15(5)10-8-9-14(3)4/h9,11,13H,6-8,10,12H2,1-5H3/b15-11+,16-13+. The van der Waals surface area contributed by atoms with Crippen LogP contribution in [-0.4, -0.2) is 19.8 Å². The van der Waals surface area contributed by atoms with E-state index in [-0.39, 0.29) is 0 Å². The van der Waals surface area contributed by atoms with Crippen LogP contribution in [0.15, 0.2) is 32.9 Å². The van der Waals surface area contributed by atoms with Crippen LogP contribution in [0.2, 0.25) is 0 Å². The lowest BCUT2D eigenvalue weighted by Crippen LogP contribution is -1.96. The molecule has 22 heavy (non-hydrogen) atoms. The fraction of sp³-hybridized carbons (Fsp3) is 0.625. The molecule has 0 fully saturated rings. The highest BCUT2D eigenvalue weighted by atomic mass is 127. The smallest absolute Gasteiger partial charge is 0.370 e. The number of ether oxygens (including phenoxy) is 1. The van der Waals surface area contributed by atoms with Crippen LogP contribution in [0.5, 0.6) is 0 Å². The molecule has 0 aromatic carbocycles. The number of allylic oxidation sites excluding steroid dienone is 3. The number of hydrogen-bond donors (Lipinski definition) is 0. The minimum Gasteiger partial charge on any atom is -0.496 e. The summed E-state index contributed by atoms with van der Waals surface area (Å²) in [6, 6.07) is 0. The Morgan fingerprint density at radius 2 is 1.68 bits per heavy atom. The van der Waals surface area contributed by atoms with E-state index in [4.69, 9.17) is 13.8 Å². The molecular formula is C16H28IO4P. The molecule has 0 aromatic heterocycles. The SMILES string of the molecule is CCOP(=O)(OCC)/C(I)=C/OC/C=C(\C)CCC=C(C)C. The summed E-state index contributed by atoms with van der Waals surface area (Å²) in [6.45, 7) is 11.0. The van der Waals surface area contributed by atoms with E-state index in [1.54, 1.807) is 13.8 Å². The Labute approximate surface area is 148 Å². The minimum absolute atomic E-state index is 0.334. The molecule has 0 N–H and O–H groups in total. The molecule has 0 amide bonds. The van der Waals surface area contributed by atoms with Crippen LogP contribution in [0.4, 0.5) is 0 Å². The maximum atomic E-state index is 12.4. The van der Waals surface area contributed by atoms with Crippen molar-refractivity contribution in [3.05, 3.63) is 32.9 Å². The molecule has 0 heterocycles. The maximum Gasteiger partial charge on any atom is 0.370 e. The monoisotopic (exact) mass is 442 g/mol. The van der Waals surface area contributed by atoms with Gasteiger partial charge in [0, 0.05) is 0 Å². The molecule has 4 nitrogen and oxygen atoms in total. The lowest BCUT2D eigenvalue weighted by Gasteiger charge is -2.15. The summed E-state index contributed by atoms with van der Waals surface area (Å²) in [5, 5.41) is 0. The van der Waals surface area contributed by atoms with Crippen LogP contribution in [0.25, 0.3) is 0 Å². The Hall–Kier alpha value is -0.100. The van der Waals surface area contributed by atoms with Gasteiger partial charge in [0.2, 0.25) is 0 Å². The molecule has 0 bridgehead atoms. The second-order valence-corrected chi connectivity index (χ2v) is 8.99. The van der Waals surface area contributed by atoms with Gasteiger partial charge in [0.05, 0.1) is 13.2 Å². The third-order valence-corrected chi connectivity index (χ3v) is 6.51. The van der Waals surface area contributed by atoms with E-state index in [1.807, 2.05) is 28.7 Å². The summed E-state index contributed by atoms with van der Waals surface area (Å²) in [5.74, 6) is 0. The van der Waals surface area contributed by atoms with Crippen molar-refractivity contribution in [1.82, 2.24) is 0 Å². The second-order valence-electron chi connectivity index (χ2n) is 4.98. The molecule has 0 spiro atoms. The molecule has 0 aromatic rings. The van der Waals surface area contributed by atoms with Crippen molar-refractivity contribution in [1.29, 1.82) is 0 Å². The van der Waals surface area contributed by atoms with Gasteiger partial charge in [0.25, 0.3) is 0 Å². The molecule has 0 aliphatic carbocycles. The van der Waals surface area contributed by atoms with Crippen LogP contribution < -0.4 is 0 Å². The summed E-state index contributed by atoms with van der Waals surface area (Å²) in [7, 11) is -3.21. The van der Waals surface area contributed by atoms with Gasteiger partial charge >= 0.3 is 7.60 Å². The first-order valence-corrected chi connectivity index (χ1v) is 10.1. The Balaban J connectivity index is 4.40. The van der Waals surface area contributed by atoms with Gasteiger partial charge in [-0.2, -0.15) is 0 Å². The molecule has 0 unspecified atom stereocenters. The lowest BCUT2D eigenvalue weighted by molar-refractivity contribution is 0.226. The zero-order valence-corrected chi connectivity index (χ0v) is 17.3. The van der Waals surface area contributed by atoms with E-state index >= 15 is 0 Å². The van der Waals surface area contributed by atoms with Crippen LogP contribution in [-0.2, 0) is 18.3 Å². The molecule has 0 rings (SSSR count). The summed E-state index contributed by atoms with van der Waals surface area (Å²) >= 11 is 1.95. The first kappa shape index (κ1) is 21.9. The van der Waals surface area contributed by atoms with E-state index in [1.165, 1.54) is 17.4 Å². The minimum atomic E-state index is -3.21. The van der Waals surface area contributed by atoms with Crippen LogP contribution >= 0.6 is 30.2 Å². The van der Waals surface area contributed by atoms with Crippen molar-refractivity contribution in [2.75, 3.05) is 19.8 Å². The van der Waals surface area contributed by atoms with Gasteiger partial charge in [0.1, 0.15) is 16.2 Å². The summed E-state index contributed by atoms with van der Waals surface area (Å²) in [6.07, 6.45) is 7.78. The molecule has 0 radical (unpaired) electrons. The second kappa shape index (κ2) is 12.3. The van der Waals surface area contributed by atoms with E-state index in [2.05, 4.69) is 26.8 Å². The highest BCUT2D eigenvalue weighted by Crippen LogP contribution is 2.58. The largest absolute Gasteiger partial charge is 0.496 e. The van der Waals surface area contributed by atoms with Gasteiger partial charge in [-0.05, 0) is 76.1 Å². The topological polar surface area (TPSA) is 44.8 Å². The van der Waals surface area contributed by atoms with Crippen molar-refractivity contribution < 1.29 is 18.3 Å². The molecule has 0 atom stereocenters. The van der Waals surface area contributed by atoms with Gasteiger partial charge in [-0.25, -0.2) is 0 Å². The quantitative estimate of drug-likeness (QED) is 0.126. The number of hydrogen-bond acceptors (Lipinski definition) is 4. The fourth-order valence-corrected chi connectivity index (χ4v) is 3.78. The summed E-state index contributed by atoms with van der Waals surface area (Å²) in [5.41, 5.74) is 2.61. The Bertz CT molecular complexity index is 441. The highest BCUT2D eigenvalue weighted by Gasteiger charge is 2.28. The lowest BCUT2D eigenvalue weighted by atomic mass is 10.1. The average Bonchev–Trinajstić information content (AvgIpc) is 2.43. The molecule has 0 saturated heterocycles. The van der Waals surface area contributed by atoms with Crippen molar-refractivity contribution in [3.8, 4) is 0 Å². The Kier molecular flexibility index (Phi) is 12.3. The fourth-order valence-electron chi connectivity index (χ4n) is 1.56. The normalized spacial score (nSPS) is 13.2. The van der Waals surface area contributed by atoms with Crippen molar-refractivity contribution >= 4 is 30.2 Å². The zero-order valence-electron chi connectivity index (χ0n) is 14.2. The van der Waals surface area contributed by atoms with Crippen LogP contribution in [0, 0.1) is 0 Å². The van der Waals surface area contributed by atoms with Crippen LogP contribution in [0.1, 0.15) is 47.5 Å². The van der Waals surface area contributed by atoms with E-state index in [9.17, 15) is 4.57 Å². The third kappa shape index (κ3) is 9.82. The molecule has 0 saturated carbocycles. The first-order chi connectivity index (χ1) is 10.4. The number of rotatable bonds is 11. The zero-order chi connectivity index (χ0) is 17.0. The van der Waals surface area contributed by atoms with Crippen molar-refractivity contribution in [2.45, 2.75) is 47.5 Å². The van der Waals surface area contributed by atoms with Gasteiger partial charge in [0.15, 0.2) is 0 Å². The van der Waals surface area contributed by atoms with E-state index in [0.717, 1.165) is 12.8 Å². The van der Waals surface area contributed by atoms with Gasteiger partial charge in [-0.1, -0.05) is 17.2 Å². The predicted molar refractivity (Wildman–Crippen MR) is 101 cm³/mol. The Morgan fingerprint density at radius 3 is 2.18 bits per heavy atom. The van der Waals surface area contributed by atoms with Gasteiger partial charge in [-0.3, -0.25) is 4.57 Å². The van der Waals surface area contributed by atoms with E-state index in [0.29, 0.717) is 23.1 Å².